The molecular weight excluding hydrogens is 398 g/mol. The van der Waals surface area contributed by atoms with Crippen molar-refractivity contribution in [3.63, 3.8) is 0 Å². The third-order valence-corrected chi connectivity index (χ3v) is 5.97. The van der Waals surface area contributed by atoms with E-state index in [9.17, 15) is 4.79 Å². The van der Waals surface area contributed by atoms with E-state index in [-0.39, 0.29) is 5.78 Å². The number of aromatic nitrogens is 1. The summed E-state index contributed by atoms with van der Waals surface area (Å²) in [4.78, 5) is 12.7. The Bertz CT molecular complexity index is 980. The van der Waals surface area contributed by atoms with Crippen LogP contribution in [0, 0.1) is 5.92 Å². The summed E-state index contributed by atoms with van der Waals surface area (Å²) in [5.41, 5.74) is 6.70. The van der Waals surface area contributed by atoms with Gasteiger partial charge in [-0.15, -0.1) is 0 Å². The first-order chi connectivity index (χ1) is 12.9. The van der Waals surface area contributed by atoms with Gasteiger partial charge >= 0.3 is 0 Å². The molecule has 0 unspecified atom stereocenters. The highest BCUT2D eigenvalue weighted by Crippen LogP contribution is 2.36. The zero-order valence-electron chi connectivity index (χ0n) is 16.0. The van der Waals surface area contributed by atoms with Crippen LogP contribution >= 0.6 is 15.9 Å². The molecule has 27 heavy (non-hydrogen) atoms. The Labute approximate surface area is 169 Å². The minimum atomic E-state index is 0.264. The van der Waals surface area contributed by atoms with Crippen LogP contribution in [0.1, 0.15) is 54.7 Å². The molecule has 138 valence electrons. The van der Waals surface area contributed by atoms with Crippen LogP contribution in [-0.2, 0) is 6.42 Å². The van der Waals surface area contributed by atoms with E-state index < -0.39 is 0 Å². The first-order valence-electron chi connectivity index (χ1n) is 9.58. The maximum absolute atomic E-state index is 12.7. The molecule has 3 heteroatoms. The molecule has 0 spiro atoms. The molecule has 0 aliphatic heterocycles. The Hall–Kier alpha value is -2.13. The fourth-order valence-electron chi connectivity index (χ4n) is 3.96. The molecule has 0 bridgehead atoms. The first kappa shape index (κ1) is 18.2. The van der Waals surface area contributed by atoms with Crippen LogP contribution in [0.5, 0.6) is 0 Å². The van der Waals surface area contributed by atoms with E-state index in [1.807, 2.05) is 0 Å². The van der Waals surface area contributed by atoms with Crippen molar-refractivity contribution in [1.82, 2.24) is 4.57 Å². The molecule has 2 nitrogen and oxygen atoms in total. The van der Waals surface area contributed by atoms with Gasteiger partial charge in [0.2, 0.25) is 0 Å². The largest absolute Gasteiger partial charge is 0.313 e. The van der Waals surface area contributed by atoms with Gasteiger partial charge in [0.05, 0.1) is 5.69 Å². The first-order valence-corrected chi connectivity index (χ1v) is 10.4. The van der Waals surface area contributed by atoms with Crippen molar-refractivity contribution in [3.8, 4) is 16.9 Å². The number of hydrogen-bond donors (Lipinski definition) is 0. The molecule has 0 radical (unpaired) electrons. The summed E-state index contributed by atoms with van der Waals surface area (Å²) < 4.78 is 3.34. The summed E-state index contributed by atoms with van der Waals surface area (Å²) in [7, 11) is 0. The molecule has 1 heterocycles. The Morgan fingerprint density at radius 3 is 2.30 bits per heavy atom. The summed E-state index contributed by atoms with van der Waals surface area (Å²) in [5.74, 6) is 1.15. The van der Waals surface area contributed by atoms with E-state index in [0.29, 0.717) is 18.3 Å². The van der Waals surface area contributed by atoms with E-state index in [4.69, 9.17) is 0 Å². The Kier molecular flexibility index (Phi) is 4.81. The number of rotatable bonds is 3. The number of halogens is 1. The second kappa shape index (κ2) is 7.12. The van der Waals surface area contributed by atoms with Gasteiger partial charge in [0, 0.05) is 27.8 Å². The second-order valence-electron chi connectivity index (χ2n) is 7.92. The lowest BCUT2D eigenvalue weighted by atomic mass is 9.88. The van der Waals surface area contributed by atoms with Crippen molar-refractivity contribution < 1.29 is 4.79 Å². The van der Waals surface area contributed by atoms with Gasteiger partial charge in [-0.2, -0.15) is 0 Å². The SMILES string of the molecule is CC(C)c1ccc(-n2c(-c3ccc(Br)cc3)cc3c2C[C@H](C)CC3=O)cc1. The monoisotopic (exact) mass is 421 g/mol. The predicted octanol–water partition coefficient (Wildman–Crippen LogP) is 6.80. The van der Waals surface area contributed by atoms with Gasteiger partial charge < -0.3 is 4.57 Å². The number of carbonyl (C=O) groups is 1. The number of ketones is 1. The summed E-state index contributed by atoms with van der Waals surface area (Å²) in [6.07, 6.45) is 1.58. The highest BCUT2D eigenvalue weighted by atomic mass is 79.9. The van der Waals surface area contributed by atoms with Gasteiger partial charge in [0.25, 0.3) is 0 Å². The molecule has 0 amide bonds. The van der Waals surface area contributed by atoms with Crippen LogP contribution in [0.3, 0.4) is 0 Å². The number of carbonyl (C=O) groups excluding carboxylic acids is 1. The molecule has 3 aromatic rings. The molecule has 1 atom stereocenters. The minimum absolute atomic E-state index is 0.264. The van der Waals surface area contributed by atoms with E-state index >= 15 is 0 Å². The lowest BCUT2D eigenvalue weighted by Crippen LogP contribution is -2.19. The Balaban J connectivity index is 1.92. The number of hydrogen-bond acceptors (Lipinski definition) is 1. The van der Waals surface area contributed by atoms with Crippen molar-refractivity contribution in [1.29, 1.82) is 0 Å². The van der Waals surface area contributed by atoms with Crippen LogP contribution in [0.4, 0.5) is 0 Å². The molecule has 0 fully saturated rings. The van der Waals surface area contributed by atoms with E-state index in [1.165, 1.54) is 5.56 Å². The van der Waals surface area contributed by atoms with Gasteiger partial charge in [-0.05, 0) is 59.7 Å². The third kappa shape index (κ3) is 3.41. The number of benzene rings is 2. The third-order valence-electron chi connectivity index (χ3n) is 5.44. The quantitative estimate of drug-likeness (QED) is 0.455. The van der Waals surface area contributed by atoms with Crippen molar-refractivity contribution >= 4 is 21.7 Å². The number of fused-ring (bicyclic) bond motifs is 1. The van der Waals surface area contributed by atoms with E-state index in [1.54, 1.807) is 0 Å². The van der Waals surface area contributed by atoms with Gasteiger partial charge in [0.15, 0.2) is 5.78 Å². The lowest BCUT2D eigenvalue weighted by Gasteiger charge is -2.21. The van der Waals surface area contributed by atoms with Crippen LogP contribution in [0.25, 0.3) is 16.9 Å². The second-order valence-corrected chi connectivity index (χ2v) is 8.83. The highest BCUT2D eigenvalue weighted by molar-refractivity contribution is 9.10. The van der Waals surface area contributed by atoms with Crippen molar-refractivity contribution in [2.45, 2.75) is 39.5 Å². The van der Waals surface area contributed by atoms with Gasteiger partial charge in [-0.3, -0.25) is 4.79 Å². The molecule has 2 aromatic carbocycles. The van der Waals surface area contributed by atoms with Gasteiger partial charge in [0.1, 0.15) is 0 Å². The van der Waals surface area contributed by atoms with Gasteiger partial charge in [-0.1, -0.05) is 61.0 Å². The van der Waals surface area contributed by atoms with Crippen molar-refractivity contribution in [3.05, 3.63) is 75.9 Å². The highest BCUT2D eigenvalue weighted by Gasteiger charge is 2.28. The lowest BCUT2D eigenvalue weighted by molar-refractivity contribution is 0.0952. The summed E-state index contributed by atoms with van der Waals surface area (Å²) >= 11 is 3.52. The maximum Gasteiger partial charge on any atom is 0.164 e. The van der Waals surface area contributed by atoms with E-state index in [2.05, 4.69) is 95.9 Å². The van der Waals surface area contributed by atoms with Crippen molar-refractivity contribution in [2.24, 2.45) is 5.92 Å². The molecule has 0 saturated heterocycles. The number of Topliss-reactive ketones (excluding diaryl/α,β-unsaturated/α-hetero) is 1. The summed E-state index contributed by atoms with van der Waals surface area (Å²) in [6, 6.07) is 19.2. The molecule has 0 N–H and O–H groups in total. The van der Waals surface area contributed by atoms with Gasteiger partial charge in [-0.25, -0.2) is 0 Å². The van der Waals surface area contributed by atoms with Crippen LogP contribution in [0.15, 0.2) is 59.1 Å². The molecular formula is C24H24BrNO. The molecule has 0 saturated carbocycles. The smallest absolute Gasteiger partial charge is 0.164 e. The maximum atomic E-state index is 12.7. The number of nitrogens with zero attached hydrogens (tertiary/aromatic N) is 1. The van der Waals surface area contributed by atoms with Crippen LogP contribution < -0.4 is 0 Å². The minimum Gasteiger partial charge on any atom is -0.313 e. The summed E-state index contributed by atoms with van der Waals surface area (Å²) in [5, 5.41) is 0. The summed E-state index contributed by atoms with van der Waals surface area (Å²) in [6.45, 7) is 6.58. The normalized spacial score (nSPS) is 16.6. The fourth-order valence-corrected chi connectivity index (χ4v) is 4.22. The molecule has 1 aliphatic rings. The predicted molar refractivity (Wildman–Crippen MR) is 115 cm³/mol. The molecule has 1 aliphatic carbocycles. The van der Waals surface area contributed by atoms with Crippen molar-refractivity contribution in [2.75, 3.05) is 0 Å². The zero-order chi connectivity index (χ0) is 19.1. The topological polar surface area (TPSA) is 22.0 Å². The average molecular weight is 422 g/mol. The molecule has 1 aromatic heterocycles. The van der Waals surface area contributed by atoms with E-state index in [0.717, 1.165) is 39.1 Å². The average Bonchev–Trinajstić information content (AvgIpc) is 3.02. The Morgan fingerprint density at radius 2 is 1.67 bits per heavy atom. The standard InChI is InChI=1S/C24H24BrNO/c1-15(2)17-6-10-20(11-7-17)26-22(18-4-8-19(25)9-5-18)14-21-23(26)12-16(3)13-24(21)27/h4-11,14-16H,12-13H2,1-3H3/t16-/m0/s1. The fraction of sp³-hybridized carbons (Fsp3) is 0.292. The molecule has 4 rings (SSSR count). The van der Waals surface area contributed by atoms with Crippen LogP contribution in [-0.4, -0.2) is 10.4 Å². The van der Waals surface area contributed by atoms with Crippen LogP contribution in [0.2, 0.25) is 0 Å². The zero-order valence-corrected chi connectivity index (χ0v) is 17.6. The Morgan fingerprint density at radius 1 is 1.00 bits per heavy atom.